The van der Waals surface area contributed by atoms with Crippen molar-refractivity contribution in [2.45, 2.75) is 39.0 Å². The van der Waals surface area contributed by atoms with E-state index in [1.165, 1.54) is 25.0 Å². The number of hydrogen-bond donors (Lipinski definition) is 2. The molecule has 0 unspecified atom stereocenters. The highest BCUT2D eigenvalue weighted by Gasteiger charge is 2.00. The molecular weight excluding hydrogens is 243 g/mol. The van der Waals surface area contributed by atoms with Gasteiger partial charge < -0.3 is 10.6 Å². The fourth-order valence-corrected chi connectivity index (χ4v) is 1.83. The molecule has 4 heteroatoms. The molecule has 0 spiro atoms. The van der Waals surface area contributed by atoms with E-state index in [4.69, 9.17) is 0 Å². The predicted molar refractivity (Wildman–Crippen MR) is 75.6 cm³/mol. The van der Waals surface area contributed by atoms with E-state index in [9.17, 15) is 9.18 Å². The number of hydrogen-bond acceptors (Lipinski definition) is 1. The Morgan fingerprint density at radius 3 is 2.68 bits per heavy atom. The molecule has 0 saturated heterocycles. The number of urea groups is 1. The average molecular weight is 266 g/mol. The molecule has 0 aliphatic rings. The summed E-state index contributed by atoms with van der Waals surface area (Å²) in [5.41, 5.74) is 0.892. The van der Waals surface area contributed by atoms with Crippen molar-refractivity contribution >= 4 is 6.03 Å². The van der Waals surface area contributed by atoms with Crippen molar-refractivity contribution in [3.63, 3.8) is 0 Å². The van der Waals surface area contributed by atoms with Crippen LogP contribution in [0.15, 0.2) is 24.3 Å². The Kier molecular flexibility index (Phi) is 7.63. The van der Waals surface area contributed by atoms with Gasteiger partial charge in [-0.15, -0.1) is 0 Å². The summed E-state index contributed by atoms with van der Waals surface area (Å²) in [6.45, 7) is 3.39. The minimum absolute atomic E-state index is 0.145. The highest BCUT2D eigenvalue weighted by Crippen LogP contribution is 2.03. The van der Waals surface area contributed by atoms with E-state index in [0.717, 1.165) is 18.4 Å². The molecule has 0 aliphatic carbocycles. The Bertz CT molecular complexity index is 382. The molecule has 1 aromatic rings. The van der Waals surface area contributed by atoms with Crippen molar-refractivity contribution in [3.05, 3.63) is 35.6 Å². The number of halogens is 1. The van der Waals surface area contributed by atoms with Crippen molar-refractivity contribution in [2.75, 3.05) is 13.1 Å². The molecule has 19 heavy (non-hydrogen) atoms. The second-order valence-electron chi connectivity index (χ2n) is 4.62. The van der Waals surface area contributed by atoms with Gasteiger partial charge in [-0.1, -0.05) is 38.3 Å². The van der Waals surface area contributed by atoms with Crippen molar-refractivity contribution in [3.8, 4) is 0 Å². The van der Waals surface area contributed by atoms with E-state index in [0.29, 0.717) is 19.5 Å². The first-order valence-electron chi connectivity index (χ1n) is 6.98. The SMILES string of the molecule is CCCCCCNC(=O)NCCc1cccc(F)c1. The summed E-state index contributed by atoms with van der Waals surface area (Å²) in [5, 5.41) is 5.58. The normalized spacial score (nSPS) is 10.2. The Hall–Kier alpha value is -1.58. The molecule has 0 aromatic heterocycles. The summed E-state index contributed by atoms with van der Waals surface area (Å²) in [6.07, 6.45) is 5.22. The molecule has 0 atom stereocenters. The molecular formula is C15H23FN2O. The molecule has 2 amide bonds. The highest BCUT2D eigenvalue weighted by atomic mass is 19.1. The molecule has 1 rings (SSSR count). The van der Waals surface area contributed by atoms with Gasteiger partial charge in [-0.3, -0.25) is 0 Å². The zero-order chi connectivity index (χ0) is 13.9. The van der Waals surface area contributed by atoms with Gasteiger partial charge in [0.1, 0.15) is 5.82 Å². The number of rotatable bonds is 8. The zero-order valence-electron chi connectivity index (χ0n) is 11.5. The third kappa shape index (κ3) is 7.44. The number of unbranched alkanes of at least 4 members (excludes halogenated alkanes) is 3. The number of amides is 2. The lowest BCUT2D eigenvalue weighted by Gasteiger charge is -2.07. The van der Waals surface area contributed by atoms with Crippen LogP contribution in [0.2, 0.25) is 0 Å². The third-order valence-electron chi connectivity index (χ3n) is 2.90. The molecule has 2 N–H and O–H groups in total. The molecule has 0 heterocycles. The summed E-state index contributed by atoms with van der Waals surface area (Å²) in [4.78, 5) is 11.4. The summed E-state index contributed by atoms with van der Waals surface area (Å²) in [6, 6.07) is 6.30. The van der Waals surface area contributed by atoms with Gasteiger partial charge in [0.05, 0.1) is 0 Å². The lowest BCUT2D eigenvalue weighted by molar-refractivity contribution is 0.241. The Labute approximate surface area is 114 Å². The largest absolute Gasteiger partial charge is 0.338 e. The van der Waals surface area contributed by atoms with Crippen molar-refractivity contribution in [1.29, 1.82) is 0 Å². The molecule has 0 bridgehead atoms. The van der Waals surface area contributed by atoms with Gasteiger partial charge in [-0.25, -0.2) is 9.18 Å². The van der Waals surface area contributed by atoms with Crippen LogP contribution in [0.3, 0.4) is 0 Å². The van der Waals surface area contributed by atoms with Crippen LogP contribution in [0.4, 0.5) is 9.18 Å². The van der Waals surface area contributed by atoms with Gasteiger partial charge in [0.15, 0.2) is 0 Å². The maximum atomic E-state index is 12.9. The minimum Gasteiger partial charge on any atom is -0.338 e. The molecule has 106 valence electrons. The smallest absolute Gasteiger partial charge is 0.314 e. The van der Waals surface area contributed by atoms with Crippen LogP contribution in [0, 0.1) is 5.82 Å². The topological polar surface area (TPSA) is 41.1 Å². The van der Waals surface area contributed by atoms with Gasteiger partial charge in [0.25, 0.3) is 0 Å². The summed E-state index contributed by atoms with van der Waals surface area (Å²) >= 11 is 0. The average Bonchev–Trinajstić information content (AvgIpc) is 2.38. The molecule has 0 saturated carbocycles. The van der Waals surface area contributed by atoms with E-state index in [1.54, 1.807) is 6.07 Å². The van der Waals surface area contributed by atoms with E-state index in [-0.39, 0.29) is 11.8 Å². The van der Waals surface area contributed by atoms with Gasteiger partial charge in [-0.05, 0) is 30.5 Å². The van der Waals surface area contributed by atoms with Crippen LogP contribution in [-0.2, 0) is 6.42 Å². The van der Waals surface area contributed by atoms with Crippen LogP contribution in [0.1, 0.15) is 38.2 Å². The first kappa shape index (κ1) is 15.5. The Morgan fingerprint density at radius 1 is 1.16 bits per heavy atom. The predicted octanol–water partition coefficient (Wildman–Crippen LogP) is 3.25. The van der Waals surface area contributed by atoms with Crippen molar-refractivity contribution < 1.29 is 9.18 Å². The maximum Gasteiger partial charge on any atom is 0.314 e. The fourth-order valence-electron chi connectivity index (χ4n) is 1.83. The highest BCUT2D eigenvalue weighted by molar-refractivity contribution is 5.73. The van der Waals surface area contributed by atoms with Crippen LogP contribution in [-0.4, -0.2) is 19.1 Å². The number of carbonyl (C=O) groups excluding carboxylic acids is 1. The van der Waals surface area contributed by atoms with Gasteiger partial charge in [-0.2, -0.15) is 0 Å². The monoisotopic (exact) mass is 266 g/mol. The number of benzene rings is 1. The first-order chi connectivity index (χ1) is 9.22. The van der Waals surface area contributed by atoms with E-state index in [1.807, 2.05) is 6.07 Å². The molecule has 3 nitrogen and oxygen atoms in total. The van der Waals surface area contributed by atoms with E-state index >= 15 is 0 Å². The summed E-state index contributed by atoms with van der Waals surface area (Å²) in [7, 11) is 0. The van der Waals surface area contributed by atoms with E-state index < -0.39 is 0 Å². The minimum atomic E-state index is -0.238. The summed E-state index contributed by atoms with van der Waals surface area (Å²) < 4.78 is 12.9. The van der Waals surface area contributed by atoms with Crippen molar-refractivity contribution in [2.24, 2.45) is 0 Å². The van der Waals surface area contributed by atoms with Gasteiger partial charge >= 0.3 is 6.03 Å². The number of carbonyl (C=O) groups is 1. The van der Waals surface area contributed by atoms with Crippen LogP contribution in [0.5, 0.6) is 0 Å². The third-order valence-corrected chi connectivity index (χ3v) is 2.90. The standard InChI is InChI=1S/C15H23FN2O/c1-2-3-4-5-10-17-15(19)18-11-9-13-7-6-8-14(16)12-13/h6-8,12H,2-5,9-11H2,1H3,(H2,17,18,19). The molecule has 0 radical (unpaired) electrons. The lowest BCUT2D eigenvalue weighted by atomic mass is 10.1. The second kappa shape index (κ2) is 9.36. The zero-order valence-corrected chi connectivity index (χ0v) is 11.5. The number of nitrogens with one attached hydrogen (secondary N) is 2. The fraction of sp³-hybridized carbons (Fsp3) is 0.533. The quantitative estimate of drug-likeness (QED) is 0.697. The van der Waals surface area contributed by atoms with E-state index in [2.05, 4.69) is 17.6 Å². The Balaban J connectivity index is 2.07. The van der Waals surface area contributed by atoms with Gasteiger partial charge in [0.2, 0.25) is 0 Å². The second-order valence-corrected chi connectivity index (χ2v) is 4.62. The molecule has 0 fully saturated rings. The molecule has 0 aliphatic heterocycles. The van der Waals surface area contributed by atoms with Gasteiger partial charge in [0, 0.05) is 13.1 Å². The van der Waals surface area contributed by atoms with Crippen molar-refractivity contribution in [1.82, 2.24) is 10.6 Å². The lowest BCUT2D eigenvalue weighted by Crippen LogP contribution is -2.37. The summed E-state index contributed by atoms with van der Waals surface area (Å²) in [5.74, 6) is -0.238. The molecule has 1 aromatic carbocycles. The van der Waals surface area contributed by atoms with Crippen LogP contribution < -0.4 is 10.6 Å². The van der Waals surface area contributed by atoms with Crippen LogP contribution in [0.25, 0.3) is 0 Å². The van der Waals surface area contributed by atoms with Crippen LogP contribution >= 0.6 is 0 Å². The maximum absolute atomic E-state index is 12.9. The first-order valence-corrected chi connectivity index (χ1v) is 6.98. The Morgan fingerprint density at radius 2 is 1.95 bits per heavy atom.